The number of nitrogens with zero attached hydrogens (tertiary/aromatic N) is 2. The average molecular weight is 499 g/mol. The van der Waals surface area contributed by atoms with E-state index in [4.69, 9.17) is 4.74 Å². The van der Waals surface area contributed by atoms with E-state index in [1.807, 2.05) is 0 Å². The summed E-state index contributed by atoms with van der Waals surface area (Å²) in [5.41, 5.74) is 2.43. The molecule has 1 aromatic heterocycles. The SMILES string of the molecule is Cc1cc(NC(=O)c2c(C)c(C(=O)C(=O)N[C@H]3CC[C@H](N4CCOCC4)CC3)n(C)c2C)ccc1F. The van der Waals surface area contributed by atoms with E-state index in [1.54, 1.807) is 38.5 Å². The van der Waals surface area contributed by atoms with Crippen LogP contribution in [-0.4, -0.2) is 65.5 Å². The van der Waals surface area contributed by atoms with Gasteiger partial charge in [-0.15, -0.1) is 0 Å². The quantitative estimate of drug-likeness (QED) is 0.471. The van der Waals surface area contributed by atoms with Crippen LogP contribution in [0.5, 0.6) is 0 Å². The summed E-state index contributed by atoms with van der Waals surface area (Å²) in [6.07, 6.45) is 3.62. The fraction of sp³-hybridized carbons (Fsp3) is 0.519. The minimum Gasteiger partial charge on any atom is -0.379 e. The summed E-state index contributed by atoms with van der Waals surface area (Å²) in [7, 11) is 1.68. The molecule has 1 saturated heterocycles. The molecule has 0 radical (unpaired) electrons. The Labute approximate surface area is 211 Å². The van der Waals surface area contributed by atoms with Gasteiger partial charge in [0.1, 0.15) is 5.82 Å². The van der Waals surface area contributed by atoms with Gasteiger partial charge in [0.05, 0.1) is 24.5 Å². The molecule has 0 bridgehead atoms. The summed E-state index contributed by atoms with van der Waals surface area (Å²) in [4.78, 5) is 41.6. The third-order valence-corrected chi connectivity index (χ3v) is 7.59. The number of aromatic nitrogens is 1. The molecular formula is C27H35FN4O4. The number of hydrogen-bond donors (Lipinski definition) is 2. The zero-order valence-corrected chi connectivity index (χ0v) is 21.4. The van der Waals surface area contributed by atoms with Crippen LogP contribution in [0, 0.1) is 26.6 Å². The number of benzene rings is 1. The molecule has 2 aromatic rings. The third kappa shape index (κ3) is 5.37. The minimum atomic E-state index is -0.648. The Hall–Kier alpha value is -3.04. The summed E-state index contributed by atoms with van der Waals surface area (Å²) in [6, 6.07) is 4.80. The van der Waals surface area contributed by atoms with Gasteiger partial charge in [-0.25, -0.2) is 4.39 Å². The number of ether oxygens (including phenoxy) is 1. The number of rotatable bonds is 6. The standard InChI is InChI=1S/C27H35FN4O4/c1-16-15-20(7-10-22(16)28)30-26(34)23-17(2)24(31(4)18(23)3)25(33)27(35)29-19-5-8-21(9-6-19)32-11-13-36-14-12-32/h7,10,15,19,21H,5-6,8-9,11-14H2,1-4H3,(H,29,35)(H,30,34)/t19-,21-. The second kappa shape index (κ2) is 10.9. The number of anilines is 1. The average Bonchev–Trinajstić information content (AvgIpc) is 3.09. The molecule has 1 saturated carbocycles. The molecule has 0 atom stereocenters. The van der Waals surface area contributed by atoms with Crippen molar-refractivity contribution in [2.75, 3.05) is 31.6 Å². The lowest BCUT2D eigenvalue weighted by atomic mass is 9.89. The van der Waals surface area contributed by atoms with Gasteiger partial charge in [0.25, 0.3) is 17.6 Å². The van der Waals surface area contributed by atoms with Crippen molar-refractivity contribution >= 4 is 23.3 Å². The Morgan fingerprint density at radius 1 is 1.03 bits per heavy atom. The molecule has 2 fully saturated rings. The maximum atomic E-state index is 13.6. The number of nitrogens with one attached hydrogen (secondary N) is 2. The zero-order valence-electron chi connectivity index (χ0n) is 21.4. The van der Waals surface area contributed by atoms with Crippen LogP contribution in [0.4, 0.5) is 10.1 Å². The molecule has 4 rings (SSSR count). The topological polar surface area (TPSA) is 92.7 Å². The Morgan fingerprint density at radius 3 is 2.33 bits per heavy atom. The maximum Gasteiger partial charge on any atom is 0.294 e. The molecule has 9 heteroatoms. The van der Waals surface area contributed by atoms with Crippen molar-refractivity contribution in [1.29, 1.82) is 0 Å². The van der Waals surface area contributed by atoms with Crippen molar-refractivity contribution in [2.45, 2.75) is 58.5 Å². The molecule has 2 aliphatic rings. The van der Waals surface area contributed by atoms with Crippen LogP contribution >= 0.6 is 0 Å². The lowest BCUT2D eigenvalue weighted by Crippen LogP contribution is -2.48. The Morgan fingerprint density at radius 2 is 1.69 bits per heavy atom. The van der Waals surface area contributed by atoms with E-state index in [-0.39, 0.29) is 17.6 Å². The normalized spacial score (nSPS) is 20.7. The highest BCUT2D eigenvalue weighted by molar-refractivity contribution is 6.43. The van der Waals surface area contributed by atoms with E-state index in [1.165, 1.54) is 12.1 Å². The first-order valence-electron chi connectivity index (χ1n) is 12.6. The van der Waals surface area contributed by atoms with Gasteiger partial charge in [-0.2, -0.15) is 0 Å². The second-order valence-electron chi connectivity index (χ2n) is 9.87. The fourth-order valence-electron chi connectivity index (χ4n) is 5.44. The van der Waals surface area contributed by atoms with Gasteiger partial charge in [0.15, 0.2) is 0 Å². The lowest BCUT2D eigenvalue weighted by molar-refractivity contribution is -0.118. The number of ketones is 1. The van der Waals surface area contributed by atoms with Crippen molar-refractivity contribution in [3.05, 3.63) is 52.1 Å². The lowest BCUT2D eigenvalue weighted by Gasteiger charge is -2.38. The molecule has 8 nitrogen and oxygen atoms in total. The molecule has 36 heavy (non-hydrogen) atoms. The second-order valence-corrected chi connectivity index (χ2v) is 9.87. The van der Waals surface area contributed by atoms with Crippen molar-refractivity contribution in [3.8, 4) is 0 Å². The monoisotopic (exact) mass is 498 g/mol. The molecule has 1 aliphatic heterocycles. The minimum absolute atomic E-state index is 0.0371. The molecule has 194 valence electrons. The number of hydrogen-bond acceptors (Lipinski definition) is 5. The van der Waals surface area contributed by atoms with E-state index < -0.39 is 17.6 Å². The molecular weight excluding hydrogens is 463 g/mol. The van der Waals surface area contributed by atoms with Gasteiger partial charge in [-0.1, -0.05) is 0 Å². The van der Waals surface area contributed by atoms with Crippen LogP contribution < -0.4 is 10.6 Å². The van der Waals surface area contributed by atoms with Crippen LogP contribution in [0.3, 0.4) is 0 Å². The number of morpholine rings is 1. The summed E-state index contributed by atoms with van der Waals surface area (Å²) in [5.74, 6) is -2.05. The first kappa shape index (κ1) is 26.0. The summed E-state index contributed by atoms with van der Waals surface area (Å²) < 4.78 is 20.6. The molecule has 1 aromatic carbocycles. The largest absolute Gasteiger partial charge is 0.379 e. The zero-order chi connectivity index (χ0) is 26.0. The number of halogens is 1. The highest BCUT2D eigenvalue weighted by Crippen LogP contribution is 2.26. The van der Waals surface area contributed by atoms with Crippen LogP contribution in [0.25, 0.3) is 0 Å². The summed E-state index contributed by atoms with van der Waals surface area (Å²) in [6.45, 7) is 8.46. The van der Waals surface area contributed by atoms with Crippen LogP contribution in [0.2, 0.25) is 0 Å². The van der Waals surface area contributed by atoms with Crippen molar-refractivity contribution in [1.82, 2.24) is 14.8 Å². The molecule has 2 amide bonds. The summed E-state index contributed by atoms with van der Waals surface area (Å²) in [5, 5.41) is 5.69. The number of carbonyl (C=O) groups excluding carboxylic acids is 3. The van der Waals surface area contributed by atoms with E-state index >= 15 is 0 Å². The van der Waals surface area contributed by atoms with Crippen molar-refractivity contribution in [3.63, 3.8) is 0 Å². The van der Waals surface area contributed by atoms with Crippen LogP contribution in [-0.2, 0) is 16.6 Å². The van der Waals surface area contributed by atoms with E-state index in [2.05, 4.69) is 15.5 Å². The molecule has 1 aliphatic carbocycles. The van der Waals surface area contributed by atoms with Gasteiger partial charge in [-0.3, -0.25) is 19.3 Å². The molecule has 0 unspecified atom stereocenters. The van der Waals surface area contributed by atoms with E-state index in [9.17, 15) is 18.8 Å². The molecule has 2 heterocycles. The van der Waals surface area contributed by atoms with Crippen LogP contribution in [0.1, 0.15) is 63.4 Å². The van der Waals surface area contributed by atoms with Gasteiger partial charge in [0, 0.05) is 43.6 Å². The smallest absolute Gasteiger partial charge is 0.294 e. The number of amides is 2. The highest BCUT2D eigenvalue weighted by atomic mass is 19.1. The Bertz CT molecular complexity index is 1160. The van der Waals surface area contributed by atoms with Crippen LogP contribution in [0.15, 0.2) is 18.2 Å². The van der Waals surface area contributed by atoms with Gasteiger partial charge in [-0.05, 0) is 75.8 Å². The molecule has 2 N–H and O–H groups in total. The maximum absolute atomic E-state index is 13.6. The van der Waals surface area contributed by atoms with E-state index in [0.717, 1.165) is 52.0 Å². The van der Waals surface area contributed by atoms with Crippen molar-refractivity contribution < 1.29 is 23.5 Å². The summed E-state index contributed by atoms with van der Waals surface area (Å²) >= 11 is 0. The third-order valence-electron chi connectivity index (χ3n) is 7.59. The van der Waals surface area contributed by atoms with Gasteiger partial charge in [0.2, 0.25) is 0 Å². The Balaban J connectivity index is 1.41. The fourth-order valence-corrected chi connectivity index (χ4v) is 5.44. The number of aryl methyl sites for hydroxylation is 1. The predicted molar refractivity (Wildman–Crippen MR) is 135 cm³/mol. The predicted octanol–water partition coefficient (Wildman–Crippen LogP) is 3.28. The van der Waals surface area contributed by atoms with Gasteiger partial charge < -0.3 is 19.9 Å². The van der Waals surface area contributed by atoms with Crippen molar-refractivity contribution in [2.24, 2.45) is 7.05 Å². The highest BCUT2D eigenvalue weighted by Gasteiger charge is 2.32. The molecule has 0 spiro atoms. The first-order chi connectivity index (χ1) is 17.2. The van der Waals surface area contributed by atoms with Gasteiger partial charge >= 0.3 is 0 Å². The number of Topliss-reactive ketones (excluding diaryl/α,β-unsaturated/α-hetero) is 1. The number of carbonyl (C=O) groups is 3. The van der Waals surface area contributed by atoms with E-state index in [0.29, 0.717) is 34.1 Å². The Kier molecular flexibility index (Phi) is 7.90. The first-order valence-corrected chi connectivity index (χ1v) is 12.6.